The Morgan fingerprint density at radius 3 is 2.55 bits per heavy atom. The summed E-state index contributed by atoms with van der Waals surface area (Å²) >= 11 is 3.37. The number of hydrogen-bond donors (Lipinski definition) is 0. The van der Waals surface area contributed by atoms with Gasteiger partial charge in [0.25, 0.3) is 0 Å². The standard InChI is InChI=1S/C33H35BrO6/c1-20(2)13-15-33-16-14-21(3)18-39-27-8-6-7-24(19-40-32(37)23-9-11-25(34)12-10-23)28(27)30(38-5)29(31(33)36)26(35)17-22(33)4/h6-14,22H,15-19H2,1-5H3/b21-14+,30-29+/t22-,33-/m0/s1. The molecule has 2 aromatic carbocycles. The lowest BCUT2D eigenvalue weighted by atomic mass is 9.60. The molecule has 210 valence electrons. The number of carbonyl (C=O) groups excluding carboxylic acids is 3. The van der Waals surface area contributed by atoms with Crippen LogP contribution in [0.5, 0.6) is 5.75 Å². The average molecular weight is 608 g/mol. The molecule has 2 bridgehead atoms. The fourth-order valence-corrected chi connectivity index (χ4v) is 5.55. The van der Waals surface area contributed by atoms with E-state index < -0.39 is 11.4 Å². The van der Waals surface area contributed by atoms with Gasteiger partial charge in [0, 0.05) is 21.9 Å². The van der Waals surface area contributed by atoms with Gasteiger partial charge >= 0.3 is 5.97 Å². The van der Waals surface area contributed by atoms with Crippen LogP contribution in [0.15, 0.2) is 75.8 Å². The van der Waals surface area contributed by atoms with Crippen LogP contribution in [0.4, 0.5) is 0 Å². The van der Waals surface area contributed by atoms with Gasteiger partial charge in [-0.05, 0) is 75.4 Å². The average Bonchev–Trinajstić information content (AvgIpc) is 2.93. The zero-order chi connectivity index (χ0) is 29.0. The van der Waals surface area contributed by atoms with Gasteiger partial charge in [0.1, 0.15) is 30.3 Å². The number of hydrogen-bond acceptors (Lipinski definition) is 6. The smallest absolute Gasteiger partial charge is 0.338 e. The lowest BCUT2D eigenvalue weighted by Crippen LogP contribution is -2.45. The van der Waals surface area contributed by atoms with E-state index in [1.54, 1.807) is 42.5 Å². The number of benzene rings is 2. The summed E-state index contributed by atoms with van der Waals surface area (Å²) in [5.41, 5.74) is 2.78. The molecule has 1 fully saturated rings. The highest BCUT2D eigenvalue weighted by molar-refractivity contribution is 9.10. The molecule has 1 aliphatic carbocycles. The molecule has 2 aliphatic rings. The second-order valence-electron chi connectivity index (χ2n) is 10.8. The molecule has 7 heteroatoms. The molecule has 4 rings (SSSR count). The van der Waals surface area contributed by atoms with E-state index in [-0.39, 0.29) is 41.8 Å². The molecule has 0 N–H and O–H groups in total. The number of methoxy groups -OCH3 is 1. The Morgan fingerprint density at radius 1 is 1.15 bits per heavy atom. The molecular weight excluding hydrogens is 572 g/mol. The largest absolute Gasteiger partial charge is 0.495 e. The van der Waals surface area contributed by atoms with Crippen LogP contribution < -0.4 is 4.74 Å². The molecule has 0 spiro atoms. The Kier molecular flexibility index (Phi) is 9.14. The van der Waals surface area contributed by atoms with Crippen LogP contribution in [-0.2, 0) is 25.7 Å². The summed E-state index contributed by atoms with van der Waals surface area (Å²) < 4.78 is 18.6. The van der Waals surface area contributed by atoms with Crippen molar-refractivity contribution in [3.05, 3.63) is 92.5 Å². The molecular formula is C33H35BrO6. The zero-order valence-electron chi connectivity index (χ0n) is 23.6. The Labute approximate surface area is 244 Å². The van der Waals surface area contributed by atoms with Gasteiger partial charge in [0.05, 0.1) is 18.2 Å². The van der Waals surface area contributed by atoms with Gasteiger partial charge in [-0.2, -0.15) is 0 Å². The summed E-state index contributed by atoms with van der Waals surface area (Å²) in [6, 6.07) is 12.2. The van der Waals surface area contributed by atoms with Crippen molar-refractivity contribution in [1.82, 2.24) is 0 Å². The summed E-state index contributed by atoms with van der Waals surface area (Å²) in [6.07, 6.45) is 5.38. The molecule has 2 aromatic rings. The SMILES string of the molecule is CO/C1=C2\C(=O)C[C@H](C)[C@](CC=C(C)C)(C/C=C(\C)COc3cccc(COC(=O)c4ccc(Br)cc4)c31)C2=O. The Morgan fingerprint density at radius 2 is 1.88 bits per heavy atom. The van der Waals surface area contributed by atoms with Crippen LogP contribution in [0.2, 0.25) is 0 Å². The van der Waals surface area contributed by atoms with Crippen LogP contribution in [0.1, 0.15) is 68.4 Å². The predicted octanol–water partition coefficient (Wildman–Crippen LogP) is 7.41. The van der Waals surface area contributed by atoms with Gasteiger partial charge in [-0.1, -0.05) is 52.7 Å². The lowest BCUT2D eigenvalue weighted by molar-refractivity contribution is -0.135. The van der Waals surface area contributed by atoms with Crippen molar-refractivity contribution in [2.24, 2.45) is 11.3 Å². The van der Waals surface area contributed by atoms with Gasteiger partial charge in [0.2, 0.25) is 0 Å². The summed E-state index contributed by atoms with van der Waals surface area (Å²) in [5.74, 6) is -0.512. The first kappa shape index (κ1) is 29.5. The number of allylic oxidation sites excluding steroid dienone is 4. The second-order valence-corrected chi connectivity index (χ2v) is 11.7. The maximum atomic E-state index is 14.4. The Bertz CT molecular complexity index is 1410. The number of esters is 1. The minimum Gasteiger partial charge on any atom is -0.495 e. The third kappa shape index (κ3) is 5.99. The Balaban J connectivity index is 1.86. The molecule has 0 amide bonds. The fourth-order valence-electron chi connectivity index (χ4n) is 5.29. The van der Waals surface area contributed by atoms with Crippen molar-refractivity contribution in [2.75, 3.05) is 13.7 Å². The van der Waals surface area contributed by atoms with E-state index in [9.17, 15) is 14.4 Å². The topological polar surface area (TPSA) is 78.9 Å². The Hall–Kier alpha value is -3.45. The normalized spacial score (nSPS) is 24.1. The van der Waals surface area contributed by atoms with Crippen molar-refractivity contribution in [3.63, 3.8) is 0 Å². The van der Waals surface area contributed by atoms with E-state index in [1.165, 1.54) is 7.11 Å². The first-order valence-electron chi connectivity index (χ1n) is 13.4. The maximum absolute atomic E-state index is 14.4. The van der Waals surface area contributed by atoms with Gasteiger partial charge in [0.15, 0.2) is 11.6 Å². The van der Waals surface area contributed by atoms with Gasteiger partial charge in [-0.15, -0.1) is 0 Å². The van der Waals surface area contributed by atoms with Crippen molar-refractivity contribution in [2.45, 2.75) is 53.6 Å². The van der Waals surface area contributed by atoms with E-state index in [2.05, 4.69) is 28.1 Å². The van der Waals surface area contributed by atoms with E-state index >= 15 is 0 Å². The summed E-state index contributed by atoms with van der Waals surface area (Å²) in [5, 5.41) is 0. The number of ether oxygens (including phenoxy) is 3. The van der Waals surface area contributed by atoms with Crippen molar-refractivity contribution in [3.8, 4) is 5.75 Å². The van der Waals surface area contributed by atoms with Crippen LogP contribution in [-0.4, -0.2) is 31.3 Å². The lowest BCUT2D eigenvalue weighted by Gasteiger charge is -2.41. The molecule has 0 unspecified atom stereocenters. The number of fused-ring (bicyclic) bond motifs is 3. The first-order valence-corrected chi connectivity index (χ1v) is 14.2. The molecule has 1 saturated carbocycles. The minimum atomic E-state index is -0.793. The summed E-state index contributed by atoms with van der Waals surface area (Å²) in [7, 11) is 1.45. The maximum Gasteiger partial charge on any atom is 0.338 e. The van der Waals surface area contributed by atoms with E-state index in [0.29, 0.717) is 41.9 Å². The fraction of sp³-hybridized carbons (Fsp3) is 0.364. The zero-order valence-corrected chi connectivity index (χ0v) is 25.2. The van der Waals surface area contributed by atoms with Crippen molar-refractivity contribution < 1.29 is 28.6 Å². The third-order valence-corrected chi connectivity index (χ3v) is 8.28. The second kappa shape index (κ2) is 12.4. The highest BCUT2D eigenvalue weighted by Crippen LogP contribution is 2.48. The van der Waals surface area contributed by atoms with Gasteiger partial charge in [-0.25, -0.2) is 4.79 Å². The molecule has 1 aliphatic heterocycles. The molecule has 40 heavy (non-hydrogen) atoms. The monoisotopic (exact) mass is 606 g/mol. The molecule has 0 radical (unpaired) electrons. The van der Waals surface area contributed by atoms with E-state index in [1.807, 2.05) is 27.7 Å². The summed E-state index contributed by atoms with van der Waals surface area (Å²) in [6.45, 7) is 8.18. The minimum absolute atomic E-state index is 0.0484. The summed E-state index contributed by atoms with van der Waals surface area (Å²) in [4.78, 5) is 40.8. The number of rotatable bonds is 6. The van der Waals surface area contributed by atoms with Gasteiger partial charge in [-0.3, -0.25) is 9.59 Å². The highest BCUT2D eigenvalue weighted by Gasteiger charge is 2.50. The van der Waals surface area contributed by atoms with Crippen LogP contribution >= 0.6 is 15.9 Å². The number of carbonyl (C=O) groups is 3. The molecule has 0 aromatic heterocycles. The van der Waals surface area contributed by atoms with Crippen molar-refractivity contribution in [1.29, 1.82) is 0 Å². The highest BCUT2D eigenvalue weighted by atomic mass is 79.9. The molecule has 1 heterocycles. The number of Topliss-reactive ketones (excluding diaryl/α,β-unsaturated/α-hetero) is 2. The van der Waals surface area contributed by atoms with E-state index in [0.717, 1.165) is 15.6 Å². The molecule has 6 nitrogen and oxygen atoms in total. The first-order chi connectivity index (χ1) is 19.1. The third-order valence-electron chi connectivity index (χ3n) is 7.75. The number of halogens is 1. The van der Waals surface area contributed by atoms with Crippen LogP contribution in [0.25, 0.3) is 5.76 Å². The van der Waals surface area contributed by atoms with Crippen LogP contribution in [0, 0.1) is 11.3 Å². The number of ketones is 2. The van der Waals surface area contributed by atoms with Gasteiger partial charge < -0.3 is 14.2 Å². The molecule has 0 saturated heterocycles. The molecule has 2 atom stereocenters. The predicted molar refractivity (Wildman–Crippen MR) is 158 cm³/mol. The van der Waals surface area contributed by atoms with E-state index in [4.69, 9.17) is 14.2 Å². The quantitative estimate of drug-likeness (QED) is 0.193. The van der Waals surface area contributed by atoms with Crippen molar-refractivity contribution >= 4 is 39.2 Å². The van der Waals surface area contributed by atoms with Crippen LogP contribution in [0.3, 0.4) is 0 Å².